The molecule has 2 saturated heterocycles. The smallest absolute Gasteiger partial charge is 0.308 e. The molecule has 0 spiro atoms. The molecule has 5 nitrogen and oxygen atoms in total. The number of hydrogen-bond acceptors (Lipinski definition) is 5. The van der Waals surface area contributed by atoms with Crippen molar-refractivity contribution in [3.05, 3.63) is 0 Å². The summed E-state index contributed by atoms with van der Waals surface area (Å²) < 4.78 is 15.7. The zero-order valence-corrected chi connectivity index (χ0v) is 9.44. The van der Waals surface area contributed by atoms with Crippen LogP contribution in [0.3, 0.4) is 0 Å². The lowest BCUT2D eigenvalue weighted by Gasteiger charge is -2.26. The maximum absolute atomic E-state index is 11.3. The van der Waals surface area contributed by atoms with E-state index in [1.165, 1.54) is 0 Å². The van der Waals surface area contributed by atoms with E-state index in [9.17, 15) is 4.79 Å². The molecule has 5 heteroatoms. The number of carbonyl (C=O) groups is 1. The molecule has 92 valence electrons. The minimum absolute atomic E-state index is 0.0219. The van der Waals surface area contributed by atoms with Crippen LogP contribution in [0.4, 0.5) is 0 Å². The predicted octanol–water partition coefficient (Wildman–Crippen LogP) is 0.0871. The van der Waals surface area contributed by atoms with Crippen molar-refractivity contribution in [2.45, 2.75) is 31.5 Å². The lowest BCUT2D eigenvalue weighted by Crippen LogP contribution is -2.38. The number of piperidine rings is 1. The second-order valence-corrected chi connectivity index (χ2v) is 4.22. The molecule has 0 aromatic rings. The molecule has 0 aliphatic carbocycles. The molecule has 0 atom stereocenters. The average Bonchev–Trinajstić information content (AvgIpc) is 2.25. The summed E-state index contributed by atoms with van der Waals surface area (Å²) in [7, 11) is 0. The monoisotopic (exact) mass is 229 g/mol. The van der Waals surface area contributed by atoms with Crippen LogP contribution in [-0.2, 0) is 19.0 Å². The molecule has 2 fully saturated rings. The van der Waals surface area contributed by atoms with E-state index in [4.69, 9.17) is 14.2 Å². The van der Waals surface area contributed by atoms with Gasteiger partial charge in [0.15, 0.2) is 0 Å². The summed E-state index contributed by atoms with van der Waals surface area (Å²) in [4.78, 5) is 11.3. The van der Waals surface area contributed by atoms with Gasteiger partial charge >= 0.3 is 5.97 Å². The van der Waals surface area contributed by atoms with Crippen molar-refractivity contribution < 1.29 is 19.0 Å². The lowest BCUT2D eigenvalue weighted by molar-refractivity contribution is -0.173. The summed E-state index contributed by atoms with van der Waals surface area (Å²) in [6.45, 7) is 3.57. The Morgan fingerprint density at radius 1 is 1.25 bits per heavy atom. The van der Waals surface area contributed by atoms with Gasteiger partial charge in [0.1, 0.15) is 6.10 Å². The van der Waals surface area contributed by atoms with Crippen molar-refractivity contribution in [1.29, 1.82) is 0 Å². The highest BCUT2D eigenvalue weighted by molar-refractivity contribution is 5.69. The summed E-state index contributed by atoms with van der Waals surface area (Å²) in [5.74, 6) is -0.178. The molecule has 2 aliphatic heterocycles. The van der Waals surface area contributed by atoms with E-state index in [0.29, 0.717) is 32.3 Å². The van der Waals surface area contributed by atoms with Crippen LogP contribution in [0.15, 0.2) is 0 Å². The summed E-state index contributed by atoms with van der Waals surface area (Å²) in [5.41, 5.74) is 0. The zero-order valence-electron chi connectivity index (χ0n) is 9.44. The highest BCUT2D eigenvalue weighted by Crippen LogP contribution is 2.09. The Morgan fingerprint density at radius 3 is 2.62 bits per heavy atom. The fraction of sp³-hybridized carbons (Fsp3) is 0.909. The Kier molecular flexibility index (Phi) is 4.56. The highest BCUT2D eigenvalue weighted by atomic mass is 16.6. The van der Waals surface area contributed by atoms with Crippen LogP contribution in [0, 0.1) is 0 Å². The second kappa shape index (κ2) is 6.18. The topological polar surface area (TPSA) is 56.8 Å². The van der Waals surface area contributed by atoms with Gasteiger partial charge < -0.3 is 19.5 Å². The summed E-state index contributed by atoms with van der Waals surface area (Å²) in [5, 5.41) is 3.27. The maximum Gasteiger partial charge on any atom is 0.308 e. The molecule has 0 unspecified atom stereocenters. The number of rotatable bonds is 5. The standard InChI is InChI=1S/C11H19NO4/c13-11(16-10-7-14-8-10)3-6-15-9-1-4-12-5-2-9/h9-10,12H,1-8H2. The Labute approximate surface area is 95.4 Å². The molecule has 1 N–H and O–H groups in total. The number of nitrogens with one attached hydrogen (secondary N) is 1. The van der Waals surface area contributed by atoms with E-state index in [1.807, 2.05) is 0 Å². The SMILES string of the molecule is O=C(CCOC1CCNCC1)OC1COC1. The van der Waals surface area contributed by atoms with Crippen molar-refractivity contribution in [1.82, 2.24) is 5.32 Å². The first-order valence-electron chi connectivity index (χ1n) is 5.94. The lowest BCUT2D eigenvalue weighted by atomic mass is 10.1. The van der Waals surface area contributed by atoms with Gasteiger partial charge in [0.25, 0.3) is 0 Å². The quantitative estimate of drug-likeness (QED) is 0.677. The van der Waals surface area contributed by atoms with Crippen molar-refractivity contribution in [3.8, 4) is 0 Å². The average molecular weight is 229 g/mol. The minimum Gasteiger partial charge on any atom is -0.457 e. The molecular weight excluding hydrogens is 210 g/mol. The van der Waals surface area contributed by atoms with Gasteiger partial charge in [-0.2, -0.15) is 0 Å². The van der Waals surface area contributed by atoms with E-state index in [0.717, 1.165) is 25.9 Å². The zero-order chi connectivity index (χ0) is 11.2. The van der Waals surface area contributed by atoms with Gasteiger partial charge in [-0.05, 0) is 25.9 Å². The second-order valence-electron chi connectivity index (χ2n) is 4.22. The van der Waals surface area contributed by atoms with Gasteiger partial charge in [0.05, 0.1) is 32.3 Å². The highest BCUT2D eigenvalue weighted by Gasteiger charge is 2.22. The van der Waals surface area contributed by atoms with Crippen LogP contribution >= 0.6 is 0 Å². The van der Waals surface area contributed by atoms with Crippen LogP contribution in [0.1, 0.15) is 19.3 Å². The Morgan fingerprint density at radius 2 is 2.00 bits per heavy atom. The van der Waals surface area contributed by atoms with E-state index < -0.39 is 0 Å². The molecule has 2 aliphatic rings. The maximum atomic E-state index is 11.3. The Balaban J connectivity index is 1.51. The normalized spacial score (nSPS) is 22.8. The number of carbonyl (C=O) groups excluding carboxylic acids is 1. The van der Waals surface area contributed by atoms with Crippen LogP contribution in [0.5, 0.6) is 0 Å². The molecule has 2 rings (SSSR count). The fourth-order valence-electron chi connectivity index (χ4n) is 1.80. The number of esters is 1. The van der Waals surface area contributed by atoms with E-state index in [2.05, 4.69) is 5.32 Å². The summed E-state index contributed by atoms with van der Waals surface area (Å²) >= 11 is 0. The first-order valence-corrected chi connectivity index (χ1v) is 5.94. The van der Waals surface area contributed by atoms with Gasteiger partial charge in [0.2, 0.25) is 0 Å². The van der Waals surface area contributed by atoms with Crippen molar-refractivity contribution in [2.75, 3.05) is 32.9 Å². The third-order valence-electron chi connectivity index (χ3n) is 2.85. The fourth-order valence-corrected chi connectivity index (χ4v) is 1.80. The third-order valence-corrected chi connectivity index (χ3v) is 2.85. The Bertz CT molecular complexity index is 224. The molecule has 16 heavy (non-hydrogen) atoms. The minimum atomic E-state index is -0.178. The molecule has 0 bridgehead atoms. The molecular formula is C11H19NO4. The van der Waals surface area contributed by atoms with Gasteiger partial charge in [0, 0.05) is 0 Å². The Hall–Kier alpha value is -0.650. The first kappa shape index (κ1) is 11.8. The number of hydrogen-bond donors (Lipinski definition) is 1. The van der Waals surface area contributed by atoms with Crippen LogP contribution in [-0.4, -0.2) is 51.1 Å². The first-order chi connectivity index (χ1) is 7.84. The van der Waals surface area contributed by atoms with E-state index in [1.54, 1.807) is 0 Å². The van der Waals surface area contributed by atoms with Gasteiger partial charge in [-0.15, -0.1) is 0 Å². The molecule has 0 amide bonds. The van der Waals surface area contributed by atoms with Crippen molar-refractivity contribution in [2.24, 2.45) is 0 Å². The molecule has 0 aromatic carbocycles. The van der Waals surface area contributed by atoms with Crippen molar-refractivity contribution >= 4 is 5.97 Å². The molecule has 0 saturated carbocycles. The van der Waals surface area contributed by atoms with Crippen LogP contribution in [0.25, 0.3) is 0 Å². The van der Waals surface area contributed by atoms with Crippen LogP contribution < -0.4 is 5.32 Å². The third kappa shape index (κ3) is 3.73. The van der Waals surface area contributed by atoms with Crippen molar-refractivity contribution in [3.63, 3.8) is 0 Å². The molecule has 2 heterocycles. The molecule has 0 radical (unpaired) electrons. The molecule has 0 aromatic heterocycles. The van der Waals surface area contributed by atoms with Gasteiger partial charge in [-0.1, -0.05) is 0 Å². The largest absolute Gasteiger partial charge is 0.457 e. The predicted molar refractivity (Wildman–Crippen MR) is 57.2 cm³/mol. The summed E-state index contributed by atoms with van der Waals surface area (Å²) in [6, 6.07) is 0. The summed E-state index contributed by atoms with van der Waals surface area (Å²) in [6.07, 6.45) is 2.70. The van der Waals surface area contributed by atoms with Gasteiger partial charge in [-0.25, -0.2) is 0 Å². The van der Waals surface area contributed by atoms with E-state index >= 15 is 0 Å². The number of ether oxygens (including phenoxy) is 3. The van der Waals surface area contributed by atoms with Crippen LogP contribution in [0.2, 0.25) is 0 Å². The van der Waals surface area contributed by atoms with E-state index in [-0.39, 0.29) is 12.1 Å². The van der Waals surface area contributed by atoms with Gasteiger partial charge in [-0.3, -0.25) is 4.79 Å².